The van der Waals surface area contributed by atoms with Crippen molar-refractivity contribution in [3.8, 4) is 0 Å². The van der Waals surface area contributed by atoms with Crippen molar-refractivity contribution in [2.45, 2.75) is 19.9 Å². The number of carbonyl (C=O) groups excluding carboxylic acids is 1. The number of aromatic nitrogens is 1. The van der Waals surface area contributed by atoms with Crippen LogP contribution in [0.1, 0.15) is 35.0 Å². The lowest BCUT2D eigenvalue weighted by Gasteiger charge is -2.12. The average molecular weight is 342 g/mol. The standard InChI is InChI=1S/C13H13BrFN3O2/c1-6-5-17-13(20-6)7(2)18-12(19)8-3-11(16)10(15)4-9(8)14/h3-5,7H,16H2,1-2H3,(H,18,19). The maximum absolute atomic E-state index is 13.2. The van der Waals surface area contributed by atoms with E-state index in [4.69, 9.17) is 10.2 Å². The van der Waals surface area contributed by atoms with Gasteiger partial charge in [-0.25, -0.2) is 9.37 Å². The Kier molecular flexibility index (Phi) is 4.08. The van der Waals surface area contributed by atoms with Crippen molar-refractivity contribution in [3.63, 3.8) is 0 Å². The summed E-state index contributed by atoms with van der Waals surface area (Å²) in [6.45, 7) is 3.51. The fourth-order valence-corrected chi connectivity index (χ4v) is 2.14. The van der Waals surface area contributed by atoms with Crippen molar-refractivity contribution in [2.75, 3.05) is 5.73 Å². The molecule has 0 fully saturated rings. The number of nitrogen functional groups attached to an aromatic ring is 1. The number of hydrogen-bond donors (Lipinski definition) is 2. The lowest BCUT2D eigenvalue weighted by molar-refractivity contribution is 0.0933. The summed E-state index contributed by atoms with van der Waals surface area (Å²) in [6.07, 6.45) is 1.57. The number of hydrogen-bond acceptors (Lipinski definition) is 4. The van der Waals surface area contributed by atoms with E-state index in [1.807, 2.05) is 0 Å². The van der Waals surface area contributed by atoms with Crippen LogP contribution in [-0.2, 0) is 0 Å². The van der Waals surface area contributed by atoms with Gasteiger partial charge in [-0.3, -0.25) is 4.79 Å². The molecule has 1 unspecified atom stereocenters. The number of rotatable bonds is 3. The number of benzene rings is 1. The Morgan fingerprint density at radius 1 is 1.55 bits per heavy atom. The molecule has 7 heteroatoms. The number of oxazole rings is 1. The summed E-state index contributed by atoms with van der Waals surface area (Å²) in [6, 6.07) is 2.03. The predicted octanol–water partition coefficient (Wildman–Crippen LogP) is 2.96. The molecule has 0 spiro atoms. The molecule has 1 amide bonds. The Balaban J connectivity index is 2.18. The van der Waals surface area contributed by atoms with Gasteiger partial charge >= 0.3 is 0 Å². The summed E-state index contributed by atoms with van der Waals surface area (Å²) in [7, 11) is 0. The van der Waals surface area contributed by atoms with Crippen LogP contribution < -0.4 is 11.1 Å². The molecular formula is C13H13BrFN3O2. The molecule has 5 nitrogen and oxygen atoms in total. The van der Waals surface area contributed by atoms with Gasteiger partial charge in [-0.15, -0.1) is 0 Å². The Bertz CT molecular complexity index is 657. The van der Waals surface area contributed by atoms with E-state index in [-0.39, 0.29) is 11.3 Å². The van der Waals surface area contributed by atoms with Crippen molar-refractivity contribution in [1.82, 2.24) is 10.3 Å². The molecule has 1 aromatic carbocycles. The van der Waals surface area contributed by atoms with Crippen molar-refractivity contribution in [3.05, 3.63) is 45.8 Å². The molecule has 0 radical (unpaired) electrons. The van der Waals surface area contributed by atoms with Gasteiger partial charge in [0.05, 0.1) is 17.4 Å². The molecular weight excluding hydrogens is 329 g/mol. The summed E-state index contributed by atoms with van der Waals surface area (Å²) >= 11 is 3.14. The molecule has 2 rings (SSSR count). The molecule has 3 N–H and O–H groups in total. The number of nitrogens with zero attached hydrogens (tertiary/aromatic N) is 1. The lowest BCUT2D eigenvalue weighted by atomic mass is 10.1. The third-order valence-electron chi connectivity index (χ3n) is 2.69. The van der Waals surface area contributed by atoms with Gasteiger partial charge in [0.15, 0.2) is 0 Å². The predicted molar refractivity (Wildman–Crippen MR) is 75.6 cm³/mol. The second-order valence-electron chi connectivity index (χ2n) is 4.36. The zero-order chi connectivity index (χ0) is 14.9. The smallest absolute Gasteiger partial charge is 0.253 e. The van der Waals surface area contributed by atoms with Crippen LogP contribution in [0.15, 0.2) is 27.2 Å². The molecule has 20 heavy (non-hydrogen) atoms. The van der Waals surface area contributed by atoms with Crippen molar-refractivity contribution in [1.29, 1.82) is 0 Å². The third-order valence-corrected chi connectivity index (χ3v) is 3.34. The van der Waals surface area contributed by atoms with Gasteiger partial charge in [0.25, 0.3) is 5.91 Å². The van der Waals surface area contributed by atoms with Crippen molar-refractivity contribution in [2.24, 2.45) is 0 Å². The first kappa shape index (κ1) is 14.5. The average Bonchev–Trinajstić information content (AvgIpc) is 2.80. The highest BCUT2D eigenvalue weighted by atomic mass is 79.9. The Morgan fingerprint density at radius 3 is 2.85 bits per heavy atom. The fourth-order valence-electron chi connectivity index (χ4n) is 1.65. The van der Waals surface area contributed by atoms with Gasteiger partial charge in [-0.1, -0.05) is 0 Å². The van der Waals surface area contributed by atoms with Crippen LogP contribution in [0.3, 0.4) is 0 Å². The quantitative estimate of drug-likeness (QED) is 0.841. The van der Waals surface area contributed by atoms with Crippen LogP contribution in [0.25, 0.3) is 0 Å². The van der Waals surface area contributed by atoms with Crippen LogP contribution in [0.2, 0.25) is 0 Å². The topological polar surface area (TPSA) is 81.2 Å². The third kappa shape index (κ3) is 2.98. The molecule has 106 valence electrons. The molecule has 0 aliphatic heterocycles. The van der Waals surface area contributed by atoms with Crippen molar-refractivity contribution < 1.29 is 13.6 Å². The molecule has 0 bridgehead atoms. The van der Waals surface area contributed by atoms with Gasteiger partial charge in [-0.05, 0) is 41.9 Å². The van der Waals surface area contributed by atoms with E-state index in [1.54, 1.807) is 20.0 Å². The molecule has 1 heterocycles. The second-order valence-corrected chi connectivity index (χ2v) is 5.21. The van der Waals surface area contributed by atoms with E-state index in [9.17, 15) is 9.18 Å². The summed E-state index contributed by atoms with van der Waals surface area (Å²) in [4.78, 5) is 16.2. The number of halogens is 2. The van der Waals surface area contributed by atoms with E-state index in [2.05, 4.69) is 26.2 Å². The molecule has 0 aliphatic carbocycles. The number of nitrogens with one attached hydrogen (secondary N) is 1. The lowest BCUT2D eigenvalue weighted by Crippen LogP contribution is -2.27. The number of amides is 1. The van der Waals surface area contributed by atoms with E-state index >= 15 is 0 Å². The molecule has 1 atom stereocenters. The highest BCUT2D eigenvalue weighted by molar-refractivity contribution is 9.10. The number of nitrogens with two attached hydrogens (primary N) is 1. The van der Waals surface area contributed by atoms with Crippen LogP contribution in [0.4, 0.5) is 10.1 Å². The minimum atomic E-state index is -0.579. The number of anilines is 1. The summed E-state index contributed by atoms with van der Waals surface area (Å²) in [5, 5.41) is 2.71. The first-order valence-electron chi connectivity index (χ1n) is 5.86. The minimum absolute atomic E-state index is 0.0852. The number of aryl methyl sites for hydroxylation is 1. The normalized spacial score (nSPS) is 12.2. The van der Waals surface area contributed by atoms with E-state index in [0.717, 1.165) is 6.07 Å². The fraction of sp³-hybridized carbons (Fsp3) is 0.231. The van der Waals surface area contributed by atoms with Gasteiger partial charge in [0.2, 0.25) is 5.89 Å². The number of carbonyl (C=O) groups is 1. The minimum Gasteiger partial charge on any atom is -0.444 e. The molecule has 0 saturated heterocycles. The first-order valence-corrected chi connectivity index (χ1v) is 6.65. The largest absolute Gasteiger partial charge is 0.444 e. The molecule has 1 aromatic heterocycles. The van der Waals surface area contributed by atoms with E-state index < -0.39 is 17.8 Å². The zero-order valence-corrected chi connectivity index (χ0v) is 12.5. The van der Waals surface area contributed by atoms with Crippen molar-refractivity contribution >= 4 is 27.5 Å². The maximum Gasteiger partial charge on any atom is 0.253 e. The molecule has 2 aromatic rings. The zero-order valence-electron chi connectivity index (χ0n) is 10.9. The Labute approximate surface area is 123 Å². The maximum atomic E-state index is 13.2. The highest BCUT2D eigenvalue weighted by Crippen LogP contribution is 2.23. The van der Waals surface area contributed by atoms with E-state index in [0.29, 0.717) is 16.1 Å². The monoisotopic (exact) mass is 341 g/mol. The van der Waals surface area contributed by atoms with Gasteiger partial charge < -0.3 is 15.5 Å². The van der Waals surface area contributed by atoms with Crippen LogP contribution >= 0.6 is 15.9 Å². The van der Waals surface area contributed by atoms with Gasteiger partial charge in [0, 0.05) is 4.47 Å². The Morgan fingerprint density at radius 2 is 2.25 bits per heavy atom. The van der Waals surface area contributed by atoms with Gasteiger partial charge in [-0.2, -0.15) is 0 Å². The SMILES string of the molecule is Cc1cnc(C(C)NC(=O)c2cc(N)c(F)cc2Br)o1. The van der Waals surface area contributed by atoms with Crippen LogP contribution in [0, 0.1) is 12.7 Å². The summed E-state index contributed by atoms with van der Waals surface area (Å²) in [5.41, 5.74) is 5.63. The molecule has 0 aliphatic rings. The Hall–Kier alpha value is -1.89. The van der Waals surface area contributed by atoms with Crippen LogP contribution in [-0.4, -0.2) is 10.9 Å². The second kappa shape index (κ2) is 5.62. The summed E-state index contributed by atoms with van der Waals surface area (Å²) in [5.74, 6) is 0.0899. The first-order chi connectivity index (χ1) is 9.38. The van der Waals surface area contributed by atoms with E-state index in [1.165, 1.54) is 6.07 Å². The highest BCUT2D eigenvalue weighted by Gasteiger charge is 2.18. The van der Waals surface area contributed by atoms with Crippen LogP contribution in [0.5, 0.6) is 0 Å². The molecule has 0 saturated carbocycles. The van der Waals surface area contributed by atoms with Gasteiger partial charge in [0.1, 0.15) is 17.6 Å². The summed E-state index contributed by atoms with van der Waals surface area (Å²) < 4.78 is 18.9.